The van der Waals surface area contributed by atoms with Crippen molar-refractivity contribution in [2.45, 2.75) is 51.0 Å². The van der Waals surface area contributed by atoms with Gasteiger partial charge in [0.25, 0.3) is 0 Å². The lowest BCUT2D eigenvalue weighted by Crippen LogP contribution is -2.42. The topological polar surface area (TPSA) is 60.6 Å². The first-order valence-electron chi connectivity index (χ1n) is 6.95. The molecule has 0 radical (unpaired) electrons. The maximum absolute atomic E-state index is 5.76. The molecule has 19 heavy (non-hydrogen) atoms. The molecule has 1 saturated carbocycles. The van der Waals surface area contributed by atoms with E-state index < -0.39 is 0 Å². The molecule has 0 amide bonds. The van der Waals surface area contributed by atoms with Crippen LogP contribution in [0.1, 0.15) is 37.1 Å². The zero-order valence-corrected chi connectivity index (χ0v) is 11.6. The van der Waals surface area contributed by atoms with Crippen LogP contribution in [0.2, 0.25) is 0 Å². The second-order valence-corrected chi connectivity index (χ2v) is 5.55. The zero-order chi connectivity index (χ0) is 13.3. The van der Waals surface area contributed by atoms with E-state index in [9.17, 15) is 0 Å². The largest absolute Gasteiger partial charge is 0.348 e. The molecule has 106 valence electrons. The third-order valence-electron chi connectivity index (χ3n) is 4.30. The summed E-state index contributed by atoms with van der Waals surface area (Å²) in [6.07, 6.45) is 4.16. The first-order chi connectivity index (χ1) is 9.19. The van der Waals surface area contributed by atoms with Crippen LogP contribution >= 0.6 is 0 Å². The molecule has 2 heterocycles. The fourth-order valence-corrected chi connectivity index (χ4v) is 3.03. The number of aryl methyl sites for hydroxylation is 1. The molecule has 1 saturated heterocycles. The Kier molecular flexibility index (Phi) is 3.56. The Labute approximate surface area is 113 Å². The van der Waals surface area contributed by atoms with Crippen LogP contribution in [0, 0.1) is 6.92 Å². The summed E-state index contributed by atoms with van der Waals surface area (Å²) in [4.78, 5) is 2.33. The van der Waals surface area contributed by atoms with E-state index in [1.807, 2.05) is 6.92 Å². The lowest BCUT2D eigenvalue weighted by Gasteiger charge is -2.38. The van der Waals surface area contributed by atoms with Gasteiger partial charge in [-0.15, -0.1) is 0 Å². The monoisotopic (exact) mass is 267 g/mol. The highest BCUT2D eigenvalue weighted by Gasteiger charge is 2.41. The molecule has 1 aliphatic carbocycles. The minimum atomic E-state index is -0.275. The third-order valence-corrected chi connectivity index (χ3v) is 4.30. The molecule has 3 rings (SSSR count). The average molecular weight is 267 g/mol. The van der Waals surface area contributed by atoms with E-state index >= 15 is 0 Å². The Morgan fingerprint density at radius 1 is 1.21 bits per heavy atom. The summed E-state index contributed by atoms with van der Waals surface area (Å²) >= 11 is 0. The molecule has 0 atom stereocenters. The fourth-order valence-electron chi connectivity index (χ4n) is 3.03. The predicted molar refractivity (Wildman–Crippen MR) is 67.4 cm³/mol. The Hall–Kier alpha value is -0.980. The third kappa shape index (κ3) is 2.66. The zero-order valence-electron chi connectivity index (χ0n) is 11.6. The summed E-state index contributed by atoms with van der Waals surface area (Å²) in [6, 6.07) is 0.550. The summed E-state index contributed by atoms with van der Waals surface area (Å²) in [5.41, 5.74) is 1.80. The fraction of sp³-hybridized carbons (Fsp3) is 0.846. The Morgan fingerprint density at radius 3 is 2.47 bits per heavy atom. The van der Waals surface area contributed by atoms with E-state index in [4.69, 9.17) is 14.1 Å². The van der Waals surface area contributed by atoms with Gasteiger partial charge >= 0.3 is 0 Å². The molecule has 6 heteroatoms. The SMILES string of the molecule is Cc1nonc1CN(C)C1CCC2(CC1)OCCO2. The van der Waals surface area contributed by atoms with Crippen molar-refractivity contribution in [3.8, 4) is 0 Å². The van der Waals surface area contributed by atoms with Crippen LogP contribution in [0.4, 0.5) is 0 Å². The Morgan fingerprint density at radius 2 is 1.89 bits per heavy atom. The van der Waals surface area contributed by atoms with Crippen molar-refractivity contribution in [2.75, 3.05) is 20.3 Å². The van der Waals surface area contributed by atoms with Gasteiger partial charge in [-0.2, -0.15) is 0 Å². The van der Waals surface area contributed by atoms with Crippen LogP contribution in [0.15, 0.2) is 4.63 Å². The Bertz CT molecular complexity index is 419. The summed E-state index contributed by atoms with van der Waals surface area (Å²) < 4.78 is 16.3. The van der Waals surface area contributed by atoms with Crippen LogP contribution in [-0.2, 0) is 16.0 Å². The lowest BCUT2D eigenvalue weighted by molar-refractivity contribution is -0.183. The van der Waals surface area contributed by atoms with Gasteiger partial charge in [0, 0.05) is 25.4 Å². The van der Waals surface area contributed by atoms with Crippen molar-refractivity contribution in [1.29, 1.82) is 0 Å². The highest BCUT2D eigenvalue weighted by molar-refractivity contribution is 5.04. The van der Waals surface area contributed by atoms with Crippen LogP contribution in [0.3, 0.4) is 0 Å². The van der Waals surface area contributed by atoms with E-state index in [0.29, 0.717) is 6.04 Å². The molecule has 2 fully saturated rings. The number of ether oxygens (including phenoxy) is 2. The summed E-state index contributed by atoms with van der Waals surface area (Å²) in [5.74, 6) is -0.275. The minimum Gasteiger partial charge on any atom is -0.348 e. The van der Waals surface area contributed by atoms with Crippen molar-refractivity contribution < 1.29 is 14.1 Å². The normalized spacial score (nSPS) is 23.5. The molecule has 1 aliphatic heterocycles. The van der Waals surface area contributed by atoms with E-state index in [-0.39, 0.29) is 5.79 Å². The molecule has 0 bridgehead atoms. The highest BCUT2D eigenvalue weighted by atomic mass is 16.7. The van der Waals surface area contributed by atoms with Crippen LogP contribution in [-0.4, -0.2) is 47.3 Å². The standard InChI is InChI=1S/C13H21N3O3/c1-10-12(15-19-14-10)9-16(2)11-3-5-13(6-4-11)17-7-8-18-13/h11H,3-9H2,1-2H3. The van der Waals surface area contributed by atoms with Gasteiger partial charge in [0.2, 0.25) is 0 Å². The number of rotatable bonds is 3. The second kappa shape index (κ2) is 5.19. The molecule has 0 N–H and O–H groups in total. The van der Waals surface area contributed by atoms with Gasteiger partial charge < -0.3 is 9.47 Å². The van der Waals surface area contributed by atoms with Crippen LogP contribution < -0.4 is 0 Å². The summed E-state index contributed by atoms with van der Waals surface area (Å²) in [7, 11) is 2.13. The molecule has 1 aromatic rings. The van der Waals surface area contributed by atoms with Crippen molar-refractivity contribution in [3.05, 3.63) is 11.4 Å². The average Bonchev–Trinajstić information content (AvgIpc) is 3.01. The van der Waals surface area contributed by atoms with Gasteiger partial charge in [0.15, 0.2) is 5.79 Å². The summed E-state index contributed by atoms with van der Waals surface area (Å²) in [5, 5.41) is 7.76. The van der Waals surface area contributed by atoms with E-state index in [0.717, 1.165) is 56.8 Å². The molecule has 0 aromatic carbocycles. The van der Waals surface area contributed by atoms with Gasteiger partial charge in [-0.05, 0) is 26.8 Å². The highest BCUT2D eigenvalue weighted by Crippen LogP contribution is 2.37. The minimum absolute atomic E-state index is 0.275. The van der Waals surface area contributed by atoms with Crippen molar-refractivity contribution >= 4 is 0 Å². The maximum atomic E-state index is 5.76. The summed E-state index contributed by atoms with van der Waals surface area (Å²) in [6.45, 7) is 4.19. The van der Waals surface area contributed by atoms with Crippen molar-refractivity contribution in [2.24, 2.45) is 0 Å². The van der Waals surface area contributed by atoms with Gasteiger partial charge in [-0.3, -0.25) is 4.90 Å². The van der Waals surface area contributed by atoms with Crippen molar-refractivity contribution in [1.82, 2.24) is 15.2 Å². The molecule has 6 nitrogen and oxygen atoms in total. The van der Waals surface area contributed by atoms with Gasteiger partial charge in [-0.25, -0.2) is 4.63 Å². The van der Waals surface area contributed by atoms with Gasteiger partial charge in [-0.1, -0.05) is 10.3 Å². The molecule has 1 spiro atoms. The van der Waals surface area contributed by atoms with Gasteiger partial charge in [0.05, 0.1) is 13.2 Å². The number of hydrogen-bond acceptors (Lipinski definition) is 6. The number of hydrogen-bond donors (Lipinski definition) is 0. The molecular weight excluding hydrogens is 246 g/mol. The smallest absolute Gasteiger partial charge is 0.168 e. The van der Waals surface area contributed by atoms with Gasteiger partial charge in [0.1, 0.15) is 11.4 Å². The van der Waals surface area contributed by atoms with Crippen molar-refractivity contribution in [3.63, 3.8) is 0 Å². The molecule has 0 unspecified atom stereocenters. The van der Waals surface area contributed by atoms with Crippen LogP contribution in [0.5, 0.6) is 0 Å². The molecule has 1 aromatic heterocycles. The number of nitrogens with zero attached hydrogens (tertiary/aromatic N) is 3. The second-order valence-electron chi connectivity index (χ2n) is 5.55. The predicted octanol–water partition coefficient (Wildman–Crippen LogP) is 1.50. The first kappa shape index (κ1) is 13.0. The molecular formula is C13H21N3O3. The number of aromatic nitrogens is 2. The Balaban J connectivity index is 1.54. The lowest BCUT2D eigenvalue weighted by atomic mass is 9.89. The van der Waals surface area contributed by atoms with Crippen LogP contribution in [0.25, 0.3) is 0 Å². The van der Waals surface area contributed by atoms with E-state index in [1.54, 1.807) is 0 Å². The van der Waals surface area contributed by atoms with E-state index in [1.165, 1.54) is 0 Å². The maximum Gasteiger partial charge on any atom is 0.168 e. The quantitative estimate of drug-likeness (QED) is 0.827. The van der Waals surface area contributed by atoms with E-state index in [2.05, 4.69) is 22.3 Å². The first-order valence-corrected chi connectivity index (χ1v) is 6.95. The molecule has 2 aliphatic rings.